The number of fused-ring (bicyclic) bond motifs is 1. The van der Waals surface area contributed by atoms with Gasteiger partial charge >= 0.3 is 0 Å². The van der Waals surface area contributed by atoms with Gasteiger partial charge in [-0.05, 0) is 12.1 Å². The van der Waals surface area contributed by atoms with E-state index in [4.69, 9.17) is 9.72 Å². The van der Waals surface area contributed by atoms with Gasteiger partial charge in [-0.15, -0.1) is 0 Å². The highest BCUT2D eigenvalue weighted by atomic mass is 16.5. The Morgan fingerprint density at radius 1 is 1.19 bits per heavy atom. The quantitative estimate of drug-likeness (QED) is 0.799. The first-order valence-electron chi connectivity index (χ1n) is 9.22. The molecule has 27 heavy (non-hydrogen) atoms. The molecule has 1 fully saturated rings. The van der Waals surface area contributed by atoms with E-state index in [1.807, 2.05) is 36.2 Å². The van der Waals surface area contributed by atoms with Crippen LogP contribution in [-0.4, -0.2) is 72.6 Å². The van der Waals surface area contributed by atoms with E-state index in [1.165, 1.54) is 0 Å². The maximum atomic E-state index is 12.8. The van der Waals surface area contributed by atoms with Crippen molar-refractivity contribution >= 4 is 17.7 Å². The lowest BCUT2D eigenvalue weighted by molar-refractivity contribution is 0.0746. The molecule has 8 nitrogen and oxygen atoms in total. The average Bonchev–Trinajstić information content (AvgIpc) is 2.73. The van der Waals surface area contributed by atoms with E-state index >= 15 is 0 Å². The summed E-state index contributed by atoms with van der Waals surface area (Å²) < 4.78 is 5.44. The SMILES string of the molecule is CN(C)c1cc(C(=O)N2CCN(c3ncc4c(n3)CCOC4)CC2)ccn1. The fraction of sp³-hybridized carbons (Fsp3) is 0.474. The number of ether oxygens (including phenoxy) is 1. The van der Waals surface area contributed by atoms with Crippen LogP contribution in [0.4, 0.5) is 11.8 Å². The fourth-order valence-electron chi connectivity index (χ4n) is 3.36. The van der Waals surface area contributed by atoms with Gasteiger partial charge in [0.25, 0.3) is 5.91 Å². The third kappa shape index (κ3) is 3.71. The molecule has 142 valence electrons. The molecule has 0 spiro atoms. The van der Waals surface area contributed by atoms with Gasteiger partial charge in [-0.3, -0.25) is 4.79 Å². The van der Waals surface area contributed by atoms with Crippen LogP contribution in [0.1, 0.15) is 21.6 Å². The van der Waals surface area contributed by atoms with E-state index in [2.05, 4.69) is 14.9 Å². The van der Waals surface area contributed by atoms with Crippen molar-refractivity contribution < 1.29 is 9.53 Å². The number of piperazine rings is 1. The van der Waals surface area contributed by atoms with Crippen molar-refractivity contribution in [1.29, 1.82) is 0 Å². The second-order valence-electron chi connectivity index (χ2n) is 7.02. The van der Waals surface area contributed by atoms with Crippen LogP contribution in [0.25, 0.3) is 0 Å². The molecule has 0 atom stereocenters. The van der Waals surface area contributed by atoms with Crippen LogP contribution in [0.2, 0.25) is 0 Å². The minimum Gasteiger partial charge on any atom is -0.376 e. The number of aromatic nitrogens is 3. The summed E-state index contributed by atoms with van der Waals surface area (Å²) in [5, 5.41) is 0. The van der Waals surface area contributed by atoms with Crippen molar-refractivity contribution in [1.82, 2.24) is 19.9 Å². The molecule has 2 aromatic rings. The van der Waals surface area contributed by atoms with E-state index in [0.717, 1.165) is 42.5 Å². The number of pyridine rings is 1. The highest BCUT2D eigenvalue weighted by Crippen LogP contribution is 2.19. The Hall–Kier alpha value is -2.74. The number of hydrogen-bond donors (Lipinski definition) is 0. The van der Waals surface area contributed by atoms with Gasteiger partial charge in [0.15, 0.2) is 0 Å². The van der Waals surface area contributed by atoms with Crippen molar-refractivity contribution in [3.8, 4) is 0 Å². The normalized spacial score (nSPS) is 16.8. The molecule has 8 heteroatoms. The van der Waals surface area contributed by atoms with E-state index in [-0.39, 0.29) is 5.91 Å². The van der Waals surface area contributed by atoms with Gasteiger partial charge in [0.05, 0.1) is 18.9 Å². The molecule has 0 N–H and O–H groups in total. The van der Waals surface area contributed by atoms with Gasteiger partial charge in [0.1, 0.15) is 5.82 Å². The predicted octanol–water partition coefficient (Wildman–Crippen LogP) is 0.973. The van der Waals surface area contributed by atoms with Crippen LogP contribution in [0.5, 0.6) is 0 Å². The number of carbonyl (C=O) groups excluding carboxylic acids is 1. The van der Waals surface area contributed by atoms with E-state index in [1.54, 1.807) is 12.3 Å². The van der Waals surface area contributed by atoms with Crippen LogP contribution < -0.4 is 9.80 Å². The highest BCUT2D eigenvalue weighted by Gasteiger charge is 2.24. The highest BCUT2D eigenvalue weighted by molar-refractivity contribution is 5.95. The first kappa shape index (κ1) is 17.7. The maximum Gasteiger partial charge on any atom is 0.254 e. The largest absolute Gasteiger partial charge is 0.376 e. The summed E-state index contributed by atoms with van der Waals surface area (Å²) in [4.78, 5) is 32.2. The van der Waals surface area contributed by atoms with Crippen molar-refractivity contribution in [2.45, 2.75) is 13.0 Å². The lowest BCUT2D eigenvalue weighted by Gasteiger charge is -2.35. The molecule has 0 saturated carbocycles. The summed E-state index contributed by atoms with van der Waals surface area (Å²) in [5.74, 6) is 1.58. The molecular weight excluding hydrogens is 344 g/mol. The summed E-state index contributed by atoms with van der Waals surface area (Å²) in [6.07, 6.45) is 4.39. The van der Waals surface area contributed by atoms with Crippen LogP contribution in [0, 0.1) is 0 Å². The van der Waals surface area contributed by atoms with Gasteiger partial charge in [-0.25, -0.2) is 15.0 Å². The van der Waals surface area contributed by atoms with Gasteiger partial charge < -0.3 is 19.4 Å². The van der Waals surface area contributed by atoms with Crippen LogP contribution in [0.3, 0.4) is 0 Å². The molecule has 0 aliphatic carbocycles. The molecule has 2 aliphatic heterocycles. The third-order valence-electron chi connectivity index (χ3n) is 4.98. The third-order valence-corrected chi connectivity index (χ3v) is 4.98. The standard InChI is InChI=1S/C19H24N6O2/c1-23(2)17-11-14(3-5-20-17)18(26)24-6-8-25(9-7-24)19-21-12-15-13-27-10-4-16(15)22-19/h3,5,11-12H,4,6-10,13H2,1-2H3. The lowest BCUT2D eigenvalue weighted by atomic mass is 10.1. The van der Waals surface area contributed by atoms with Gasteiger partial charge in [0, 0.05) is 70.2 Å². The molecule has 1 amide bonds. The molecule has 0 unspecified atom stereocenters. The van der Waals surface area contributed by atoms with Gasteiger partial charge in [0.2, 0.25) is 5.95 Å². The molecule has 0 radical (unpaired) electrons. The van der Waals surface area contributed by atoms with Crippen molar-refractivity contribution in [2.75, 3.05) is 56.7 Å². The van der Waals surface area contributed by atoms with Crippen LogP contribution in [-0.2, 0) is 17.8 Å². The summed E-state index contributed by atoms with van der Waals surface area (Å²) in [7, 11) is 3.83. The van der Waals surface area contributed by atoms with Crippen molar-refractivity contribution in [3.63, 3.8) is 0 Å². The van der Waals surface area contributed by atoms with E-state index in [9.17, 15) is 4.79 Å². The lowest BCUT2D eigenvalue weighted by Crippen LogP contribution is -2.49. The number of nitrogens with zero attached hydrogens (tertiary/aromatic N) is 6. The second kappa shape index (κ2) is 7.48. The average molecular weight is 368 g/mol. The topological polar surface area (TPSA) is 74.7 Å². The fourth-order valence-corrected chi connectivity index (χ4v) is 3.36. The molecular formula is C19H24N6O2. The van der Waals surface area contributed by atoms with Gasteiger partial charge in [-0.1, -0.05) is 0 Å². The Labute approximate surface area is 158 Å². The zero-order valence-electron chi connectivity index (χ0n) is 15.8. The minimum absolute atomic E-state index is 0.0451. The molecule has 0 aromatic carbocycles. The first-order valence-corrected chi connectivity index (χ1v) is 9.22. The Morgan fingerprint density at radius 2 is 2.00 bits per heavy atom. The molecule has 0 bridgehead atoms. The number of hydrogen-bond acceptors (Lipinski definition) is 7. The maximum absolute atomic E-state index is 12.8. The number of amides is 1. The monoisotopic (exact) mass is 368 g/mol. The Bertz CT molecular complexity index is 833. The first-order chi connectivity index (χ1) is 13.1. The molecule has 2 aliphatic rings. The summed E-state index contributed by atoms with van der Waals surface area (Å²) in [6, 6.07) is 3.61. The number of rotatable bonds is 3. The Balaban J connectivity index is 1.41. The zero-order chi connectivity index (χ0) is 18.8. The Kier molecular flexibility index (Phi) is 4.89. The molecule has 4 rings (SSSR count). The molecule has 2 aromatic heterocycles. The number of anilines is 2. The minimum atomic E-state index is 0.0451. The Morgan fingerprint density at radius 3 is 2.78 bits per heavy atom. The predicted molar refractivity (Wildman–Crippen MR) is 102 cm³/mol. The smallest absolute Gasteiger partial charge is 0.254 e. The van der Waals surface area contributed by atoms with E-state index < -0.39 is 0 Å². The summed E-state index contributed by atoms with van der Waals surface area (Å²) >= 11 is 0. The van der Waals surface area contributed by atoms with Crippen molar-refractivity contribution in [3.05, 3.63) is 41.3 Å². The zero-order valence-corrected chi connectivity index (χ0v) is 15.8. The van der Waals surface area contributed by atoms with Crippen LogP contribution in [0.15, 0.2) is 24.5 Å². The molecule has 4 heterocycles. The van der Waals surface area contributed by atoms with Crippen molar-refractivity contribution in [2.24, 2.45) is 0 Å². The number of carbonyl (C=O) groups is 1. The van der Waals surface area contributed by atoms with E-state index in [0.29, 0.717) is 31.9 Å². The second-order valence-corrected chi connectivity index (χ2v) is 7.02. The van der Waals surface area contributed by atoms with Crippen LogP contribution >= 0.6 is 0 Å². The summed E-state index contributed by atoms with van der Waals surface area (Å²) in [5.41, 5.74) is 2.83. The van der Waals surface area contributed by atoms with Gasteiger partial charge in [-0.2, -0.15) is 0 Å². The summed E-state index contributed by atoms with van der Waals surface area (Å²) in [6.45, 7) is 4.08. The molecule has 1 saturated heterocycles.